The van der Waals surface area contributed by atoms with Gasteiger partial charge in [-0.1, -0.05) is 12.1 Å². The molecule has 6 nitrogen and oxygen atoms in total. The van der Waals surface area contributed by atoms with Gasteiger partial charge in [0.25, 0.3) is 0 Å². The molecule has 1 saturated carbocycles. The Kier molecular flexibility index (Phi) is 8.96. The van der Waals surface area contributed by atoms with Crippen LogP contribution in [-0.2, 0) is 16.0 Å². The summed E-state index contributed by atoms with van der Waals surface area (Å²) >= 11 is 0. The maximum atomic E-state index is 11.0. The summed E-state index contributed by atoms with van der Waals surface area (Å²) in [5.74, 6) is 1.62. The number of nitrogens with zero attached hydrogens (tertiary/aromatic N) is 1. The molecule has 2 rings (SSSR count). The summed E-state index contributed by atoms with van der Waals surface area (Å²) in [7, 11) is 0. The molecular formula is C20H32N4O2. The second kappa shape index (κ2) is 11.5. The number of hydrogen-bond acceptors (Lipinski definition) is 3. The van der Waals surface area contributed by atoms with Gasteiger partial charge in [-0.05, 0) is 56.2 Å². The SMILES string of the molecule is CCNC(=NCCCOCC1CC1)NCCc1ccc(NC(C)=O)cc1. The number of carbonyl (C=O) groups is 1. The molecule has 1 aromatic rings. The van der Waals surface area contributed by atoms with Gasteiger partial charge in [0.1, 0.15) is 0 Å². The van der Waals surface area contributed by atoms with E-state index in [0.29, 0.717) is 0 Å². The van der Waals surface area contributed by atoms with Gasteiger partial charge in [0.15, 0.2) is 5.96 Å². The van der Waals surface area contributed by atoms with Crippen LogP contribution in [0.2, 0.25) is 0 Å². The summed E-state index contributed by atoms with van der Waals surface area (Å²) in [5.41, 5.74) is 2.05. The van der Waals surface area contributed by atoms with Crippen molar-refractivity contribution in [1.29, 1.82) is 0 Å². The molecule has 0 bridgehead atoms. The molecule has 6 heteroatoms. The van der Waals surface area contributed by atoms with Crippen LogP contribution >= 0.6 is 0 Å². The number of benzene rings is 1. The van der Waals surface area contributed by atoms with Crippen LogP contribution in [0, 0.1) is 5.92 Å². The van der Waals surface area contributed by atoms with E-state index < -0.39 is 0 Å². The molecule has 1 amide bonds. The standard InChI is InChI=1S/C20H32N4O2/c1-3-21-20(22-12-4-14-26-15-18-5-6-18)23-13-11-17-7-9-19(10-8-17)24-16(2)25/h7-10,18H,3-6,11-15H2,1-2H3,(H,24,25)(H2,21,22,23). The fourth-order valence-corrected chi connectivity index (χ4v) is 2.52. The molecule has 1 aliphatic carbocycles. The molecule has 0 atom stereocenters. The molecule has 0 radical (unpaired) electrons. The van der Waals surface area contributed by atoms with E-state index in [9.17, 15) is 4.79 Å². The lowest BCUT2D eigenvalue weighted by Crippen LogP contribution is -2.38. The summed E-state index contributed by atoms with van der Waals surface area (Å²) in [6.07, 6.45) is 4.52. The van der Waals surface area contributed by atoms with Crippen LogP contribution in [0.5, 0.6) is 0 Å². The maximum Gasteiger partial charge on any atom is 0.221 e. The number of amides is 1. The van der Waals surface area contributed by atoms with E-state index in [1.54, 1.807) is 0 Å². The average molecular weight is 361 g/mol. The first-order valence-corrected chi connectivity index (χ1v) is 9.64. The van der Waals surface area contributed by atoms with Crippen LogP contribution in [0.25, 0.3) is 0 Å². The van der Waals surface area contributed by atoms with Crippen molar-refractivity contribution in [1.82, 2.24) is 10.6 Å². The first kappa shape index (κ1) is 20.2. The Morgan fingerprint density at radius 2 is 2.00 bits per heavy atom. The van der Waals surface area contributed by atoms with E-state index in [1.807, 2.05) is 24.3 Å². The van der Waals surface area contributed by atoms with Crippen molar-refractivity contribution < 1.29 is 9.53 Å². The molecule has 0 aromatic heterocycles. The first-order chi connectivity index (χ1) is 12.7. The van der Waals surface area contributed by atoms with Gasteiger partial charge in [-0.25, -0.2) is 0 Å². The predicted molar refractivity (Wildman–Crippen MR) is 107 cm³/mol. The van der Waals surface area contributed by atoms with Gasteiger partial charge >= 0.3 is 0 Å². The molecular weight excluding hydrogens is 328 g/mol. The molecule has 0 aliphatic heterocycles. The van der Waals surface area contributed by atoms with Crippen molar-refractivity contribution in [3.05, 3.63) is 29.8 Å². The van der Waals surface area contributed by atoms with E-state index in [0.717, 1.165) is 63.3 Å². The first-order valence-electron chi connectivity index (χ1n) is 9.64. The van der Waals surface area contributed by atoms with Gasteiger partial charge in [0, 0.05) is 45.5 Å². The summed E-state index contributed by atoms with van der Waals surface area (Å²) in [4.78, 5) is 15.6. The van der Waals surface area contributed by atoms with Crippen molar-refractivity contribution in [3.63, 3.8) is 0 Å². The lowest BCUT2D eigenvalue weighted by atomic mass is 10.1. The minimum Gasteiger partial charge on any atom is -0.381 e. The topological polar surface area (TPSA) is 74.8 Å². The van der Waals surface area contributed by atoms with Crippen LogP contribution in [0.15, 0.2) is 29.3 Å². The second-order valence-corrected chi connectivity index (χ2v) is 6.69. The Balaban J connectivity index is 1.64. The Bertz CT molecular complexity index is 568. The van der Waals surface area contributed by atoms with Gasteiger partial charge < -0.3 is 20.7 Å². The zero-order valence-electron chi connectivity index (χ0n) is 16.0. The molecule has 144 valence electrons. The predicted octanol–water partition coefficient (Wildman–Crippen LogP) is 2.56. The van der Waals surface area contributed by atoms with Crippen LogP contribution in [0.1, 0.15) is 38.7 Å². The van der Waals surface area contributed by atoms with E-state index in [-0.39, 0.29) is 5.91 Å². The lowest BCUT2D eigenvalue weighted by molar-refractivity contribution is -0.114. The summed E-state index contributed by atoms with van der Waals surface area (Å²) in [6, 6.07) is 7.93. The smallest absolute Gasteiger partial charge is 0.221 e. The molecule has 1 aromatic carbocycles. The number of guanidine groups is 1. The number of ether oxygens (including phenoxy) is 1. The zero-order valence-corrected chi connectivity index (χ0v) is 16.0. The highest BCUT2D eigenvalue weighted by Gasteiger charge is 2.20. The van der Waals surface area contributed by atoms with Crippen molar-refractivity contribution in [2.24, 2.45) is 10.9 Å². The van der Waals surface area contributed by atoms with Gasteiger partial charge in [-0.3, -0.25) is 9.79 Å². The molecule has 0 spiro atoms. The van der Waals surface area contributed by atoms with Crippen LogP contribution in [0.4, 0.5) is 5.69 Å². The van der Waals surface area contributed by atoms with E-state index in [2.05, 4.69) is 27.9 Å². The Hall–Kier alpha value is -2.08. The Morgan fingerprint density at radius 3 is 2.65 bits per heavy atom. The van der Waals surface area contributed by atoms with Crippen LogP contribution in [0.3, 0.4) is 0 Å². The quantitative estimate of drug-likeness (QED) is 0.322. The van der Waals surface area contributed by atoms with Crippen molar-refractivity contribution >= 4 is 17.6 Å². The van der Waals surface area contributed by atoms with Gasteiger partial charge in [-0.2, -0.15) is 0 Å². The van der Waals surface area contributed by atoms with E-state index >= 15 is 0 Å². The highest BCUT2D eigenvalue weighted by atomic mass is 16.5. The Morgan fingerprint density at radius 1 is 1.23 bits per heavy atom. The van der Waals surface area contributed by atoms with Gasteiger partial charge in [0.05, 0.1) is 0 Å². The van der Waals surface area contributed by atoms with Gasteiger partial charge in [0.2, 0.25) is 5.91 Å². The average Bonchev–Trinajstić information content (AvgIpc) is 3.43. The monoisotopic (exact) mass is 360 g/mol. The lowest BCUT2D eigenvalue weighted by Gasteiger charge is -2.11. The third-order valence-corrected chi connectivity index (χ3v) is 4.09. The fraction of sp³-hybridized carbons (Fsp3) is 0.600. The molecule has 0 heterocycles. The van der Waals surface area contributed by atoms with Gasteiger partial charge in [-0.15, -0.1) is 0 Å². The van der Waals surface area contributed by atoms with E-state index in [1.165, 1.54) is 25.3 Å². The third kappa shape index (κ3) is 8.85. The van der Waals surface area contributed by atoms with Crippen molar-refractivity contribution in [2.75, 3.05) is 38.2 Å². The minimum absolute atomic E-state index is 0.0520. The summed E-state index contributed by atoms with van der Waals surface area (Å²) in [5, 5.41) is 9.41. The highest BCUT2D eigenvalue weighted by molar-refractivity contribution is 5.88. The Labute approximate surface area is 156 Å². The summed E-state index contributed by atoms with van der Waals surface area (Å²) in [6.45, 7) is 7.71. The number of hydrogen-bond donors (Lipinski definition) is 3. The number of nitrogens with one attached hydrogen (secondary N) is 3. The maximum absolute atomic E-state index is 11.0. The number of carbonyl (C=O) groups excluding carboxylic acids is 1. The highest BCUT2D eigenvalue weighted by Crippen LogP contribution is 2.28. The zero-order chi connectivity index (χ0) is 18.6. The number of anilines is 1. The molecule has 0 unspecified atom stereocenters. The molecule has 1 fully saturated rings. The molecule has 26 heavy (non-hydrogen) atoms. The van der Waals surface area contributed by atoms with Crippen LogP contribution < -0.4 is 16.0 Å². The van der Waals surface area contributed by atoms with Crippen LogP contribution in [-0.4, -0.2) is 44.7 Å². The largest absolute Gasteiger partial charge is 0.381 e. The normalized spacial score (nSPS) is 14.2. The molecule has 0 saturated heterocycles. The number of aliphatic imine (C=N–C) groups is 1. The van der Waals surface area contributed by atoms with E-state index in [4.69, 9.17) is 4.74 Å². The minimum atomic E-state index is -0.0520. The summed E-state index contributed by atoms with van der Waals surface area (Å²) < 4.78 is 5.64. The molecule has 1 aliphatic rings. The second-order valence-electron chi connectivity index (χ2n) is 6.69. The third-order valence-electron chi connectivity index (χ3n) is 4.09. The molecule has 3 N–H and O–H groups in total. The fourth-order valence-electron chi connectivity index (χ4n) is 2.52. The number of rotatable bonds is 11. The van der Waals surface area contributed by atoms with Crippen molar-refractivity contribution in [2.45, 2.75) is 39.5 Å². The van der Waals surface area contributed by atoms with Crippen molar-refractivity contribution in [3.8, 4) is 0 Å².